The third kappa shape index (κ3) is 12.3. The van der Waals surface area contributed by atoms with Gasteiger partial charge in [0.1, 0.15) is 0 Å². The summed E-state index contributed by atoms with van der Waals surface area (Å²) in [4.78, 5) is 0. The molecule has 0 aromatic heterocycles. The summed E-state index contributed by atoms with van der Waals surface area (Å²) in [5.74, 6) is 6.36. The summed E-state index contributed by atoms with van der Waals surface area (Å²) in [6, 6.07) is 25.0. The van der Waals surface area contributed by atoms with Crippen LogP contribution < -0.4 is 0 Å². The molecule has 51 heavy (non-hydrogen) atoms. The molecule has 4 saturated carbocycles. The summed E-state index contributed by atoms with van der Waals surface area (Å²) in [5, 5.41) is 0. The van der Waals surface area contributed by atoms with Gasteiger partial charge in [-0.25, -0.2) is 0 Å². The fraction of sp³-hybridized carbons (Fsp3) is 0.696. The summed E-state index contributed by atoms with van der Waals surface area (Å²) in [7, 11) is 8.31. The first-order valence-corrected chi connectivity index (χ1v) is 29.6. The Hall–Kier alpha value is 0.0800. The molecule has 2 aromatic carbocycles. The van der Waals surface area contributed by atoms with Crippen molar-refractivity contribution in [2.75, 3.05) is 6.61 Å². The molecule has 2 aromatic rings. The molecule has 288 valence electrons. The average Bonchev–Trinajstić information content (AvgIpc) is 3.71. The summed E-state index contributed by atoms with van der Waals surface area (Å²) in [6.45, 7) is 17.2. The van der Waals surface area contributed by atoms with Crippen LogP contribution in [0, 0.1) is 44.4 Å². The van der Waals surface area contributed by atoms with Crippen LogP contribution in [0.3, 0.4) is 0 Å². The maximum absolute atomic E-state index is 6.07. The molecular weight excluding hydrogens is 759 g/mol. The average molecular weight is 835 g/mol. The second-order valence-electron chi connectivity index (χ2n) is 17.2. The molecule has 0 spiro atoms. The molecule has 0 saturated heterocycles. The SMILES string of the molecule is CC.CC1CC2C(c3ccccc3)CCCC2C1[Si](C)(CCCCCCOC(C)(C)C)C1CCC2C(c3ccccc3)CCCC21.[CH3-].[CH3-].[Cl][Zr+2][Cl]. The molecule has 4 aliphatic carbocycles. The van der Waals surface area contributed by atoms with E-state index in [0.717, 1.165) is 59.1 Å². The zero-order valence-electron chi connectivity index (χ0n) is 34.2. The van der Waals surface area contributed by atoms with Crippen molar-refractivity contribution >= 4 is 25.1 Å². The molecule has 0 amide bonds. The van der Waals surface area contributed by atoms with Gasteiger partial charge in [0.05, 0.1) is 13.7 Å². The van der Waals surface area contributed by atoms with Crippen LogP contribution in [0.1, 0.15) is 148 Å². The van der Waals surface area contributed by atoms with Crippen molar-refractivity contribution in [2.24, 2.45) is 29.6 Å². The Bertz CT molecular complexity index is 1190. The third-order valence-corrected chi connectivity index (χ3v) is 19.9. The van der Waals surface area contributed by atoms with Gasteiger partial charge in [-0.2, -0.15) is 0 Å². The Morgan fingerprint density at radius 1 is 0.686 bits per heavy atom. The molecule has 0 heterocycles. The molecule has 0 radical (unpaired) electrons. The van der Waals surface area contributed by atoms with Crippen molar-refractivity contribution in [3.63, 3.8) is 0 Å². The van der Waals surface area contributed by atoms with Crippen LogP contribution in [-0.2, 0) is 25.6 Å². The first-order valence-electron chi connectivity index (χ1n) is 20.4. The van der Waals surface area contributed by atoms with Crippen LogP contribution in [0.5, 0.6) is 0 Å². The van der Waals surface area contributed by atoms with E-state index in [1.165, 1.54) is 77.0 Å². The van der Waals surface area contributed by atoms with Crippen LogP contribution in [0.2, 0.25) is 23.7 Å². The molecule has 0 N–H and O–H groups in total. The second kappa shape index (κ2) is 23.2. The molecule has 5 heteroatoms. The molecule has 0 aliphatic heterocycles. The molecule has 6 rings (SSSR count). The Kier molecular flexibility index (Phi) is 21.5. The maximum atomic E-state index is 6.07. The van der Waals surface area contributed by atoms with Gasteiger partial charge < -0.3 is 19.6 Å². The van der Waals surface area contributed by atoms with Gasteiger partial charge in [-0.3, -0.25) is 0 Å². The van der Waals surface area contributed by atoms with Gasteiger partial charge in [-0.05, 0) is 117 Å². The van der Waals surface area contributed by atoms with E-state index in [-0.39, 0.29) is 20.5 Å². The van der Waals surface area contributed by atoms with E-state index in [1.807, 2.05) is 13.8 Å². The zero-order chi connectivity index (χ0) is 35.4. The first kappa shape index (κ1) is 47.2. The number of unbranched alkanes of at least 4 members (excludes halogenated alkanes) is 3. The number of rotatable bonds is 11. The number of halogens is 2. The Labute approximate surface area is 337 Å². The van der Waals surface area contributed by atoms with E-state index in [4.69, 9.17) is 21.8 Å². The van der Waals surface area contributed by atoms with Gasteiger partial charge in [-0.1, -0.05) is 145 Å². The molecule has 4 aliphatic rings. The van der Waals surface area contributed by atoms with Crippen molar-refractivity contribution in [3.8, 4) is 0 Å². The fourth-order valence-electron chi connectivity index (χ4n) is 12.0. The van der Waals surface area contributed by atoms with Gasteiger partial charge in [0.15, 0.2) is 0 Å². The Balaban J connectivity index is 0.00000122. The summed E-state index contributed by atoms with van der Waals surface area (Å²) in [6.07, 6.45) is 18.8. The zero-order valence-corrected chi connectivity index (χ0v) is 39.2. The Morgan fingerprint density at radius 3 is 1.75 bits per heavy atom. The summed E-state index contributed by atoms with van der Waals surface area (Å²) >= 11 is -0.826. The van der Waals surface area contributed by atoms with Crippen LogP contribution in [0.25, 0.3) is 0 Å². The van der Waals surface area contributed by atoms with E-state index < -0.39 is 28.9 Å². The number of ether oxygens (including phenoxy) is 1. The topological polar surface area (TPSA) is 9.23 Å². The first-order chi connectivity index (χ1) is 23.7. The Morgan fingerprint density at radius 2 is 1.20 bits per heavy atom. The van der Waals surface area contributed by atoms with Crippen molar-refractivity contribution in [1.82, 2.24) is 0 Å². The molecule has 10 atom stereocenters. The van der Waals surface area contributed by atoms with E-state index in [2.05, 4.69) is 94.9 Å². The molecular formula is C46H76Cl2OSiZr. The monoisotopic (exact) mass is 832 g/mol. The number of hydrogen-bond donors (Lipinski definition) is 0. The quantitative estimate of drug-likeness (QED) is 0.124. The van der Waals surface area contributed by atoms with E-state index in [1.54, 1.807) is 23.6 Å². The third-order valence-electron chi connectivity index (χ3n) is 13.5. The number of benzene rings is 2. The molecule has 1 nitrogen and oxygen atoms in total. The minimum atomic E-state index is -1.55. The number of fused-ring (bicyclic) bond motifs is 2. The molecule has 0 bridgehead atoms. The van der Waals surface area contributed by atoms with Crippen LogP contribution >= 0.6 is 17.0 Å². The number of hydrogen-bond acceptors (Lipinski definition) is 1. The standard InChI is InChI=1S/C42H64OSi.C2H6.2CH3.2ClH.Zr/c1-31-30-39-35(33-20-12-9-13-21-33)23-17-25-38(39)41(31)44(5,29-15-7-6-14-28-43-42(2,3)4)40-27-26-36-34(22-16-24-37(36)40)32-18-10-8-11-19-32;1-2;;;;;/h8-13,18-21,31,34-41H,6-7,14-17,22-30H2,1-5H3;1-2H3;2*1H3;2*1H;/q;;2*-1;;;+4/p-2. The van der Waals surface area contributed by atoms with Gasteiger partial charge in [0.25, 0.3) is 0 Å². The van der Waals surface area contributed by atoms with Crippen LogP contribution in [0.15, 0.2) is 60.7 Å². The fourth-order valence-corrected chi connectivity index (χ4v) is 19.3. The predicted octanol–water partition coefficient (Wildman–Crippen LogP) is 15.7. The van der Waals surface area contributed by atoms with Crippen molar-refractivity contribution in [2.45, 2.75) is 166 Å². The van der Waals surface area contributed by atoms with Crippen molar-refractivity contribution in [1.29, 1.82) is 0 Å². The van der Waals surface area contributed by atoms with Crippen molar-refractivity contribution < 1.29 is 25.6 Å². The second-order valence-corrected chi connectivity index (χ2v) is 25.8. The minimum absolute atomic E-state index is 0. The van der Waals surface area contributed by atoms with Crippen LogP contribution in [-0.4, -0.2) is 20.3 Å². The summed E-state index contributed by atoms with van der Waals surface area (Å²) in [5.41, 5.74) is 5.37. The van der Waals surface area contributed by atoms with E-state index in [9.17, 15) is 0 Å². The van der Waals surface area contributed by atoms with Gasteiger partial charge >= 0.3 is 37.9 Å². The normalized spacial score (nSPS) is 30.6. The molecule has 10 unspecified atom stereocenters. The predicted molar refractivity (Wildman–Crippen MR) is 227 cm³/mol. The van der Waals surface area contributed by atoms with Gasteiger partial charge in [0, 0.05) is 6.61 Å². The molecule has 4 fully saturated rings. The summed E-state index contributed by atoms with van der Waals surface area (Å²) < 4.78 is 6.07. The van der Waals surface area contributed by atoms with Gasteiger partial charge in [-0.15, -0.1) is 0 Å². The van der Waals surface area contributed by atoms with Crippen LogP contribution in [0.4, 0.5) is 0 Å². The van der Waals surface area contributed by atoms with E-state index >= 15 is 0 Å². The van der Waals surface area contributed by atoms with Gasteiger partial charge in [0.2, 0.25) is 0 Å². The van der Waals surface area contributed by atoms with Crippen molar-refractivity contribution in [3.05, 3.63) is 86.6 Å². The van der Waals surface area contributed by atoms with E-state index in [0.29, 0.717) is 0 Å².